The van der Waals surface area contributed by atoms with Crippen LogP contribution in [0.2, 0.25) is 0 Å². The smallest absolute Gasteiger partial charge is 0.0582 e. The Labute approximate surface area is 104 Å². The number of hydrogen-bond acceptors (Lipinski definition) is 3. The van der Waals surface area contributed by atoms with E-state index >= 15 is 0 Å². The van der Waals surface area contributed by atoms with Crippen LogP contribution in [0.5, 0.6) is 0 Å². The quantitative estimate of drug-likeness (QED) is 0.699. The standard InChI is InChI=1S/C13H13N3S/c1-2-10-9(13-8(1)3-5-15-13)7-11-12(17-16-10)4-6-14-11/h4,6-8,14H,1-3,5H2. The summed E-state index contributed by atoms with van der Waals surface area (Å²) in [6, 6.07) is 2.09. The van der Waals surface area contributed by atoms with Crippen LogP contribution in [0.3, 0.4) is 0 Å². The van der Waals surface area contributed by atoms with Gasteiger partial charge in [0.25, 0.3) is 0 Å². The Hall–Kier alpha value is -1.29. The van der Waals surface area contributed by atoms with E-state index in [1.165, 1.54) is 40.4 Å². The van der Waals surface area contributed by atoms with Gasteiger partial charge >= 0.3 is 0 Å². The third-order valence-corrected chi connectivity index (χ3v) is 4.61. The highest BCUT2D eigenvalue weighted by Gasteiger charge is 2.32. The van der Waals surface area contributed by atoms with E-state index in [1.807, 2.05) is 6.20 Å². The van der Waals surface area contributed by atoms with Gasteiger partial charge in [-0.1, -0.05) is 0 Å². The second kappa shape index (κ2) is 3.60. The molecule has 1 aromatic heterocycles. The highest BCUT2D eigenvalue weighted by molar-refractivity contribution is 7.98. The lowest BCUT2D eigenvalue weighted by Gasteiger charge is -2.22. The summed E-state index contributed by atoms with van der Waals surface area (Å²) in [7, 11) is 0. The van der Waals surface area contributed by atoms with E-state index in [2.05, 4.69) is 26.5 Å². The van der Waals surface area contributed by atoms with Crippen molar-refractivity contribution in [1.29, 1.82) is 0 Å². The van der Waals surface area contributed by atoms with Gasteiger partial charge in [0.15, 0.2) is 0 Å². The van der Waals surface area contributed by atoms with E-state index in [0.29, 0.717) is 5.92 Å². The summed E-state index contributed by atoms with van der Waals surface area (Å²) in [5.74, 6) is 0.682. The van der Waals surface area contributed by atoms with Gasteiger partial charge in [-0.15, -0.1) is 0 Å². The summed E-state index contributed by atoms with van der Waals surface area (Å²) in [4.78, 5) is 9.19. The summed E-state index contributed by atoms with van der Waals surface area (Å²) < 4.78 is 4.68. The maximum absolute atomic E-state index is 4.69. The summed E-state index contributed by atoms with van der Waals surface area (Å²) in [5, 5.41) is 0. The molecule has 0 aromatic carbocycles. The minimum atomic E-state index is 0.682. The lowest BCUT2D eigenvalue weighted by molar-refractivity contribution is 0.628. The number of allylic oxidation sites excluding steroid dienone is 1. The monoisotopic (exact) mass is 243 g/mol. The van der Waals surface area contributed by atoms with Gasteiger partial charge in [0.2, 0.25) is 0 Å². The number of nitrogens with zero attached hydrogens (tertiary/aromatic N) is 2. The molecule has 4 heteroatoms. The molecular weight excluding hydrogens is 230 g/mol. The first-order valence-corrected chi connectivity index (χ1v) is 6.87. The normalized spacial score (nSPS) is 26.1. The van der Waals surface area contributed by atoms with Crippen molar-refractivity contribution in [3.05, 3.63) is 23.5 Å². The maximum Gasteiger partial charge on any atom is 0.0582 e. The molecular formula is C13H13N3S. The molecule has 0 spiro atoms. The second-order valence-electron chi connectivity index (χ2n) is 4.73. The van der Waals surface area contributed by atoms with Crippen LogP contribution in [0, 0.1) is 5.92 Å². The van der Waals surface area contributed by atoms with Crippen molar-refractivity contribution >= 4 is 29.4 Å². The molecule has 0 amide bonds. The second-order valence-corrected chi connectivity index (χ2v) is 5.54. The third kappa shape index (κ3) is 1.43. The molecule has 17 heavy (non-hydrogen) atoms. The van der Waals surface area contributed by atoms with Gasteiger partial charge in [0, 0.05) is 41.9 Å². The summed E-state index contributed by atoms with van der Waals surface area (Å²) in [6.45, 7) is 0.995. The molecule has 1 fully saturated rings. The first-order valence-electron chi connectivity index (χ1n) is 6.10. The predicted molar refractivity (Wildman–Crippen MR) is 71.7 cm³/mol. The Bertz CT molecular complexity index is 565. The number of H-pyrrole nitrogens is 1. The van der Waals surface area contributed by atoms with Crippen molar-refractivity contribution in [2.45, 2.75) is 24.2 Å². The Morgan fingerprint density at radius 2 is 2.35 bits per heavy atom. The predicted octanol–water partition coefficient (Wildman–Crippen LogP) is 3.11. The first kappa shape index (κ1) is 9.71. The fraction of sp³-hybridized carbons (Fsp3) is 0.385. The highest BCUT2D eigenvalue weighted by Crippen LogP contribution is 2.37. The van der Waals surface area contributed by atoms with Gasteiger partial charge in [-0.2, -0.15) is 0 Å². The molecule has 1 aliphatic carbocycles. The molecule has 2 aliphatic heterocycles. The topological polar surface area (TPSA) is 40.5 Å². The van der Waals surface area contributed by atoms with Crippen LogP contribution in [-0.4, -0.2) is 23.0 Å². The molecule has 1 aromatic rings. The van der Waals surface area contributed by atoms with Crippen LogP contribution >= 0.6 is 11.9 Å². The molecule has 3 nitrogen and oxygen atoms in total. The van der Waals surface area contributed by atoms with E-state index in [0.717, 1.165) is 13.0 Å². The summed E-state index contributed by atoms with van der Waals surface area (Å²) >= 11 is 1.59. The first-order chi connectivity index (χ1) is 8.42. The number of rotatable bonds is 0. The van der Waals surface area contributed by atoms with E-state index < -0.39 is 0 Å². The summed E-state index contributed by atoms with van der Waals surface area (Å²) in [5.41, 5.74) is 5.00. The molecule has 3 aliphatic rings. The summed E-state index contributed by atoms with van der Waals surface area (Å²) in [6.07, 6.45) is 7.78. The van der Waals surface area contributed by atoms with Gasteiger partial charge in [-0.3, -0.25) is 4.99 Å². The zero-order valence-corrected chi connectivity index (χ0v) is 10.3. The van der Waals surface area contributed by atoms with E-state index in [9.17, 15) is 0 Å². The number of aliphatic imine (C=N–C) groups is 1. The van der Waals surface area contributed by atoms with Crippen molar-refractivity contribution in [3.8, 4) is 0 Å². The van der Waals surface area contributed by atoms with E-state index in [-0.39, 0.29) is 0 Å². The van der Waals surface area contributed by atoms with Crippen molar-refractivity contribution < 1.29 is 0 Å². The molecule has 0 saturated heterocycles. The van der Waals surface area contributed by atoms with E-state index in [1.54, 1.807) is 11.9 Å². The van der Waals surface area contributed by atoms with Crippen LogP contribution in [0.15, 0.2) is 32.1 Å². The fourth-order valence-corrected chi connectivity index (χ4v) is 3.59. The number of aromatic amines is 1. The molecule has 0 bridgehead atoms. The highest BCUT2D eigenvalue weighted by atomic mass is 32.2. The van der Waals surface area contributed by atoms with Crippen LogP contribution in [0.1, 0.15) is 25.0 Å². The van der Waals surface area contributed by atoms with Crippen LogP contribution in [0.25, 0.3) is 6.08 Å². The van der Waals surface area contributed by atoms with Crippen molar-refractivity contribution in [2.24, 2.45) is 15.3 Å². The van der Waals surface area contributed by atoms with Gasteiger partial charge in [0.05, 0.1) is 16.3 Å². The van der Waals surface area contributed by atoms with Gasteiger partial charge in [-0.25, -0.2) is 4.40 Å². The Balaban J connectivity index is 1.88. The lowest BCUT2D eigenvalue weighted by atomic mass is 9.81. The maximum atomic E-state index is 4.69. The molecule has 0 radical (unpaired) electrons. The molecule has 1 unspecified atom stereocenters. The minimum Gasteiger partial charge on any atom is -0.361 e. The third-order valence-electron chi connectivity index (χ3n) is 3.74. The molecule has 3 heterocycles. The molecule has 4 rings (SSSR count). The number of fused-ring (bicyclic) bond motifs is 4. The fourth-order valence-electron chi connectivity index (χ4n) is 2.85. The number of nitrogens with one attached hydrogen (secondary N) is 1. The minimum absolute atomic E-state index is 0.682. The van der Waals surface area contributed by atoms with Crippen molar-refractivity contribution in [2.75, 3.05) is 6.54 Å². The lowest BCUT2D eigenvalue weighted by Crippen LogP contribution is -2.25. The Morgan fingerprint density at radius 1 is 1.35 bits per heavy atom. The Kier molecular flexibility index (Phi) is 2.06. The molecule has 1 saturated carbocycles. The van der Waals surface area contributed by atoms with Crippen LogP contribution in [0.4, 0.5) is 0 Å². The largest absolute Gasteiger partial charge is 0.361 e. The van der Waals surface area contributed by atoms with Gasteiger partial charge < -0.3 is 4.98 Å². The molecule has 1 atom stereocenters. The van der Waals surface area contributed by atoms with Gasteiger partial charge in [-0.05, 0) is 31.4 Å². The van der Waals surface area contributed by atoms with E-state index in [4.69, 9.17) is 0 Å². The molecule has 1 N–H and O–H groups in total. The SMILES string of the molecule is C1=C2C(=NSc3cc[nH]c31)CCC1CCN=C21. The zero-order valence-electron chi connectivity index (χ0n) is 9.44. The number of aromatic nitrogens is 1. The average Bonchev–Trinajstić information content (AvgIpc) is 2.94. The average molecular weight is 243 g/mol. The van der Waals surface area contributed by atoms with Crippen LogP contribution < -0.4 is 0 Å². The number of hydrogen-bond donors (Lipinski definition) is 1. The zero-order chi connectivity index (χ0) is 11.2. The Morgan fingerprint density at radius 3 is 3.35 bits per heavy atom. The molecule has 86 valence electrons. The van der Waals surface area contributed by atoms with Crippen molar-refractivity contribution in [1.82, 2.24) is 4.98 Å². The van der Waals surface area contributed by atoms with Crippen LogP contribution in [-0.2, 0) is 0 Å². The van der Waals surface area contributed by atoms with Gasteiger partial charge in [0.1, 0.15) is 0 Å². The van der Waals surface area contributed by atoms with Crippen molar-refractivity contribution in [3.63, 3.8) is 0 Å².